The highest BCUT2D eigenvalue weighted by atomic mass is 35.5. The molecule has 3 heteroatoms. The number of likely N-dealkylation sites (N-methyl/N-ethyl adjacent to an activating group) is 1. The Bertz CT molecular complexity index is 377. The summed E-state index contributed by atoms with van der Waals surface area (Å²) in [6, 6.07) is 8.58. The van der Waals surface area contributed by atoms with Gasteiger partial charge in [0.15, 0.2) is 0 Å². The average Bonchev–Trinajstić information content (AvgIpc) is 2.47. The molecule has 0 aliphatic heterocycles. The second kappa shape index (κ2) is 8.66. The molecule has 0 aliphatic carbocycles. The minimum atomic E-state index is 0.153. The fourth-order valence-corrected chi connectivity index (χ4v) is 2.71. The van der Waals surface area contributed by atoms with Crippen LogP contribution in [-0.4, -0.2) is 24.0 Å². The molecule has 3 unspecified atom stereocenters. The Hall–Kier alpha value is -0.570. The first-order chi connectivity index (χ1) is 9.53. The molecule has 1 rings (SSSR count). The van der Waals surface area contributed by atoms with Gasteiger partial charge in [-0.05, 0) is 36.6 Å². The molecule has 2 nitrogen and oxygen atoms in total. The second-order valence-electron chi connectivity index (χ2n) is 5.67. The van der Waals surface area contributed by atoms with Gasteiger partial charge in [0.2, 0.25) is 0 Å². The minimum absolute atomic E-state index is 0.153. The maximum absolute atomic E-state index is 6.41. The molecule has 0 fully saturated rings. The van der Waals surface area contributed by atoms with Gasteiger partial charge < -0.3 is 5.73 Å². The van der Waals surface area contributed by atoms with E-state index in [0.717, 1.165) is 24.5 Å². The number of hydrogen-bond donors (Lipinski definition) is 1. The number of nitrogens with two attached hydrogens (primary N) is 1. The molecule has 0 heterocycles. The van der Waals surface area contributed by atoms with Gasteiger partial charge in [0, 0.05) is 23.7 Å². The van der Waals surface area contributed by atoms with Gasteiger partial charge in [-0.15, -0.1) is 0 Å². The fourth-order valence-electron chi connectivity index (χ4n) is 2.58. The zero-order valence-electron chi connectivity index (χ0n) is 13.3. The lowest BCUT2D eigenvalue weighted by Crippen LogP contribution is -2.42. The van der Waals surface area contributed by atoms with Crippen LogP contribution in [0.25, 0.3) is 0 Å². The summed E-state index contributed by atoms with van der Waals surface area (Å²) in [6.45, 7) is 11.0. The summed E-state index contributed by atoms with van der Waals surface area (Å²) in [5.74, 6) is 0.689. The molecular formula is C17H29ClN2. The van der Waals surface area contributed by atoms with Crippen LogP contribution in [0.5, 0.6) is 0 Å². The van der Waals surface area contributed by atoms with E-state index in [1.165, 1.54) is 12.0 Å². The van der Waals surface area contributed by atoms with Crippen molar-refractivity contribution < 1.29 is 0 Å². The van der Waals surface area contributed by atoms with Gasteiger partial charge >= 0.3 is 0 Å². The topological polar surface area (TPSA) is 29.3 Å². The molecule has 20 heavy (non-hydrogen) atoms. The van der Waals surface area contributed by atoms with Crippen LogP contribution in [0.1, 0.15) is 52.1 Å². The molecule has 2 N–H and O–H groups in total. The van der Waals surface area contributed by atoms with E-state index in [-0.39, 0.29) is 12.1 Å². The summed E-state index contributed by atoms with van der Waals surface area (Å²) >= 11 is 6.01. The van der Waals surface area contributed by atoms with Gasteiger partial charge in [0.1, 0.15) is 0 Å². The van der Waals surface area contributed by atoms with Gasteiger partial charge in [0.05, 0.1) is 0 Å². The maximum Gasteiger partial charge on any atom is 0.0499 e. The lowest BCUT2D eigenvalue weighted by Gasteiger charge is -2.36. The standard InChI is InChI=1S/C17H29ClN2/c1-5-13(4)12-20(7-3)17(16(19)6-2)14-8-10-15(18)11-9-14/h8-11,13,16-17H,5-7,12,19H2,1-4H3. The molecule has 0 saturated carbocycles. The number of hydrogen-bond acceptors (Lipinski definition) is 2. The second-order valence-corrected chi connectivity index (χ2v) is 6.11. The molecule has 114 valence electrons. The minimum Gasteiger partial charge on any atom is -0.326 e. The van der Waals surface area contributed by atoms with Gasteiger partial charge in [-0.1, -0.05) is 57.8 Å². The van der Waals surface area contributed by atoms with Crippen molar-refractivity contribution in [3.63, 3.8) is 0 Å². The van der Waals surface area contributed by atoms with Gasteiger partial charge in [-0.3, -0.25) is 4.90 Å². The van der Waals surface area contributed by atoms with E-state index in [1.807, 2.05) is 12.1 Å². The smallest absolute Gasteiger partial charge is 0.0499 e. The van der Waals surface area contributed by atoms with Crippen molar-refractivity contribution in [1.29, 1.82) is 0 Å². The lowest BCUT2D eigenvalue weighted by molar-refractivity contribution is 0.153. The zero-order chi connectivity index (χ0) is 15.1. The van der Waals surface area contributed by atoms with Crippen LogP contribution in [0.15, 0.2) is 24.3 Å². The third kappa shape index (κ3) is 4.76. The van der Waals surface area contributed by atoms with Crippen molar-refractivity contribution >= 4 is 11.6 Å². The van der Waals surface area contributed by atoms with Crippen molar-refractivity contribution in [3.8, 4) is 0 Å². The van der Waals surface area contributed by atoms with E-state index in [2.05, 4.69) is 44.7 Å². The van der Waals surface area contributed by atoms with E-state index >= 15 is 0 Å². The van der Waals surface area contributed by atoms with Crippen LogP contribution in [0.2, 0.25) is 5.02 Å². The van der Waals surface area contributed by atoms with Crippen LogP contribution in [-0.2, 0) is 0 Å². The van der Waals surface area contributed by atoms with Crippen LogP contribution in [0.4, 0.5) is 0 Å². The molecule has 0 bridgehead atoms. The summed E-state index contributed by atoms with van der Waals surface area (Å²) in [5, 5.41) is 0.780. The quantitative estimate of drug-likeness (QED) is 0.766. The highest BCUT2D eigenvalue weighted by molar-refractivity contribution is 6.30. The van der Waals surface area contributed by atoms with E-state index in [4.69, 9.17) is 17.3 Å². The number of rotatable bonds is 8. The predicted octanol–water partition coefficient (Wildman–Crippen LogP) is 4.49. The first-order valence-electron chi connectivity index (χ1n) is 7.78. The molecule has 1 aromatic carbocycles. The summed E-state index contributed by atoms with van der Waals surface area (Å²) in [5.41, 5.74) is 7.68. The molecule has 0 aliphatic rings. The molecule has 0 radical (unpaired) electrons. The van der Waals surface area contributed by atoms with Crippen molar-refractivity contribution in [2.45, 2.75) is 52.6 Å². The SMILES string of the molecule is CCC(C)CN(CC)C(c1ccc(Cl)cc1)C(N)CC. The highest BCUT2D eigenvalue weighted by Gasteiger charge is 2.25. The Balaban J connectivity index is 3.00. The first-order valence-corrected chi connectivity index (χ1v) is 8.16. The zero-order valence-corrected chi connectivity index (χ0v) is 14.0. The van der Waals surface area contributed by atoms with Crippen molar-refractivity contribution in [2.24, 2.45) is 11.7 Å². The van der Waals surface area contributed by atoms with Gasteiger partial charge in [-0.2, -0.15) is 0 Å². The molecule has 3 atom stereocenters. The van der Waals surface area contributed by atoms with Crippen LogP contribution in [0.3, 0.4) is 0 Å². The Morgan fingerprint density at radius 3 is 2.15 bits per heavy atom. The summed E-state index contributed by atoms with van der Waals surface area (Å²) < 4.78 is 0. The Kier molecular flexibility index (Phi) is 7.57. The van der Waals surface area contributed by atoms with Crippen LogP contribution < -0.4 is 5.73 Å². The highest BCUT2D eigenvalue weighted by Crippen LogP contribution is 2.27. The number of nitrogens with zero attached hydrogens (tertiary/aromatic N) is 1. The Labute approximate surface area is 129 Å². The summed E-state index contributed by atoms with van der Waals surface area (Å²) in [7, 11) is 0. The predicted molar refractivity (Wildman–Crippen MR) is 89.2 cm³/mol. The molecule has 0 saturated heterocycles. The normalized spacial score (nSPS) is 16.1. The van der Waals surface area contributed by atoms with E-state index in [0.29, 0.717) is 5.92 Å². The third-order valence-corrected chi connectivity index (χ3v) is 4.38. The van der Waals surface area contributed by atoms with Crippen molar-refractivity contribution in [2.75, 3.05) is 13.1 Å². The molecule has 0 amide bonds. The van der Waals surface area contributed by atoms with Crippen molar-refractivity contribution in [3.05, 3.63) is 34.9 Å². The Morgan fingerprint density at radius 2 is 1.70 bits per heavy atom. The first kappa shape index (κ1) is 17.5. The molecule has 1 aromatic rings. The van der Waals surface area contributed by atoms with Gasteiger partial charge in [0.25, 0.3) is 0 Å². The number of benzene rings is 1. The monoisotopic (exact) mass is 296 g/mol. The maximum atomic E-state index is 6.41. The van der Waals surface area contributed by atoms with E-state index in [9.17, 15) is 0 Å². The largest absolute Gasteiger partial charge is 0.326 e. The van der Waals surface area contributed by atoms with E-state index in [1.54, 1.807) is 0 Å². The fraction of sp³-hybridized carbons (Fsp3) is 0.647. The number of halogens is 1. The van der Waals surface area contributed by atoms with Crippen LogP contribution >= 0.6 is 11.6 Å². The molecule has 0 spiro atoms. The Morgan fingerprint density at radius 1 is 1.10 bits per heavy atom. The summed E-state index contributed by atoms with van der Waals surface area (Å²) in [4.78, 5) is 2.51. The molecule has 0 aromatic heterocycles. The van der Waals surface area contributed by atoms with Gasteiger partial charge in [-0.25, -0.2) is 0 Å². The van der Waals surface area contributed by atoms with Crippen LogP contribution in [0, 0.1) is 5.92 Å². The summed E-state index contributed by atoms with van der Waals surface area (Å²) in [6.07, 6.45) is 2.18. The van der Waals surface area contributed by atoms with Crippen molar-refractivity contribution in [1.82, 2.24) is 4.90 Å². The van der Waals surface area contributed by atoms with E-state index < -0.39 is 0 Å². The molecular weight excluding hydrogens is 268 g/mol. The average molecular weight is 297 g/mol. The third-order valence-electron chi connectivity index (χ3n) is 4.13. The lowest BCUT2D eigenvalue weighted by atomic mass is 9.95.